The Morgan fingerprint density at radius 1 is 1.10 bits per heavy atom. The highest BCUT2D eigenvalue weighted by Crippen LogP contribution is 2.32. The van der Waals surface area contributed by atoms with Gasteiger partial charge in [-0.05, 0) is 49.9 Å². The monoisotopic (exact) mass is 413 g/mol. The second-order valence-electron chi connectivity index (χ2n) is 7.68. The summed E-state index contributed by atoms with van der Waals surface area (Å²) < 4.78 is 15.8. The Balaban J connectivity index is 1.67. The average Bonchev–Trinajstić information content (AvgIpc) is 3.23. The summed E-state index contributed by atoms with van der Waals surface area (Å²) in [5.74, 6) is 1.47. The molecule has 1 amide bonds. The molecule has 0 bridgehead atoms. The molecule has 2 heterocycles. The number of benzene rings is 1. The van der Waals surface area contributed by atoms with Crippen LogP contribution < -0.4 is 19.5 Å². The van der Waals surface area contributed by atoms with Crippen LogP contribution in [0.2, 0.25) is 0 Å². The number of aromatic nitrogens is 1. The fourth-order valence-electron chi connectivity index (χ4n) is 4.03. The van der Waals surface area contributed by atoms with Crippen LogP contribution in [0.25, 0.3) is 0 Å². The van der Waals surface area contributed by atoms with Crippen LogP contribution in [0.5, 0.6) is 17.5 Å². The van der Waals surface area contributed by atoms with E-state index in [1.807, 2.05) is 6.07 Å². The number of amides is 1. The predicted octanol–water partition coefficient (Wildman–Crippen LogP) is 3.29. The number of methoxy groups -OCH3 is 3. The van der Waals surface area contributed by atoms with Crippen molar-refractivity contribution in [3.8, 4) is 17.5 Å². The number of carbonyl (C=O) groups is 1. The molecule has 7 nitrogen and oxygen atoms in total. The van der Waals surface area contributed by atoms with Crippen molar-refractivity contribution < 1.29 is 19.0 Å². The number of nitrogens with zero attached hydrogens (tertiary/aromatic N) is 2. The molecule has 1 aromatic heterocycles. The Hall–Kier alpha value is -2.80. The third kappa shape index (κ3) is 4.51. The molecule has 1 aliphatic heterocycles. The average molecular weight is 414 g/mol. The zero-order valence-electron chi connectivity index (χ0n) is 18.6. The largest absolute Gasteiger partial charge is 0.496 e. The Morgan fingerprint density at radius 3 is 2.37 bits per heavy atom. The van der Waals surface area contributed by atoms with Gasteiger partial charge in [0, 0.05) is 37.3 Å². The molecule has 1 aromatic carbocycles. The number of ether oxygens (including phenoxy) is 3. The van der Waals surface area contributed by atoms with E-state index in [-0.39, 0.29) is 18.0 Å². The minimum atomic E-state index is -0.148. The van der Waals surface area contributed by atoms with E-state index in [0.29, 0.717) is 17.3 Å². The van der Waals surface area contributed by atoms with Gasteiger partial charge < -0.3 is 19.5 Å². The lowest BCUT2D eigenvalue weighted by molar-refractivity contribution is 0.0935. The van der Waals surface area contributed by atoms with Crippen molar-refractivity contribution >= 4 is 5.91 Å². The van der Waals surface area contributed by atoms with Crippen LogP contribution in [0.1, 0.15) is 46.4 Å². The molecule has 3 rings (SSSR count). The number of nitrogens with one attached hydrogen (secondary N) is 1. The van der Waals surface area contributed by atoms with Crippen molar-refractivity contribution in [2.75, 3.05) is 34.4 Å². The summed E-state index contributed by atoms with van der Waals surface area (Å²) in [7, 11) is 4.73. The van der Waals surface area contributed by atoms with E-state index in [1.165, 1.54) is 30.9 Å². The Bertz CT molecular complexity index is 893. The van der Waals surface area contributed by atoms with Gasteiger partial charge in [-0.15, -0.1) is 0 Å². The van der Waals surface area contributed by atoms with Crippen LogP contribution in [0.3, 0.4) is 0 Å². The Kier molecular flexibility index (Phi) is 6.82. The van der Waals surface area contributed by atoms with Crippen molar-refractivity contribution in [1.82, 2.24) is 15.2 Å². The summed E-state index contributed by atoms with van der Waals surface area (Å²) >= 11 is 0. The molecular weight excluding hydrogens is 382 g/mol. The fraction of sp³-hybridized carbons (Fsp3) is 0.478. The summed E-state index contributed by atoms with van der Waals surface area (Å²) in [4.78, 5) is 19.3. The number of carbonyl (C=O) groups excluding carboxylic acids is 1. The maximum absolute atomic E-state index is 12.8. The first kappa shape index (κ1) is 21.9. The van der Waals surface area contributed by atoms with E-state index < -0.39 is 0 Å². The molecule has 1 fully saturated rings. The lowest BCUT2D eigenvalue weighted by atomic mass is 9.97. The second kappa shape index (κ2) is 9.34. The summed E-state index contributed by atoms with van der Waals surface area (Å²) in [6.07, 6.45) is 0.906. The maximum atomic E-state index is 12.8. The molecule has 0 saturated carbocycles. The minimum Gasteiger partial charge on any atom is -0.496 e. The molecule has 162 valence electrons. The quantitative estimate of drug-likeness (QED) is 0.751. The topological polar surface area (TPSA) is 72.9 Å². The molecule has 1 aliphatic rings. The van der Waals surface area contributed by atoms with Gasteiger partial charge in [0.2, 0.25) is 11.8 Å². The Morgan fingerprint density at radius 2 is 1.77 bits per heavy atom. The van der Waals surface area contributed by atoms with Crippen molar-refractivity contribution in [1.29, 1.82) is 0 Å². The second-order valence-corrected chi connectivity index (χ2v) is 7.68. The molecule has 30 heavy (non-hydrogen) atoms. The molecular formula is C23H31N3O4. The normalized spacial score (nSPS) is 17.5. The number of hydrogen-bond acceptors (Lipinski definition) is 6. The van der Waals surface area contributed by atoms with E-state index >= 15 is 0 Å². The molecule has 2 atom stereocenters. The highest BCUT2D eigenvalue weighted by atomic mass is 16.5. The maximum Gasteiger partial charge on any atom is 0.251 e. The Labute approximate surface area is 178 Å². The zero-order chi connectivity index (χ0) is 21.8. The van der Waals surface area contributed by atoms with Crippen LogP contribution in [0, 0.1) is 13.8 Å². The lowest BCUT2D eigenvalue weighted by Crippen LogP contribution is -2.37. The number of hydrogen-bond donors (Lipinski definition) is 1. The molecule has 0 radical (unpaired) electrons. The van der Waals surface area contributed by atoms with E-state index in [2.05, 4.69) is 42.0 Å². The van der Waals surface area contributed by atoms with E-state index in [4.69, 9.17) is 14.2 Å². The first-order valence-corrected chi connectivity index (χ1v) is 10.2. The van der Waals surface area contributed by atoms with Gasteiger partial charge in [-0.25, -0.2) is 0 Å². The first-order chi connectivity index (χ1) is 14.4. The van der Waals surface area contributed by atoms with Gasteiger partial charge in [0.05, 0.1) is 26.9 Å². The fourth-order valence-corrected chi connectivity index (χ4v) is 4.03. The number of pyridine rings is 1. The summed E-state index contributed by atoms with van der Waals surface area (Å²) in [6, 6.07) is 7.77. The molecule has 7 heteroatoms. The molecule has 0 aliphatic carbocycles. The summed E-state index contributed by atoms with van der Waals surface area (Å²) in [5, 5.41) is 3.14. The van der Waals surface area contributed by atoms with Gasteiger partial charge in [-0.3, -0.25) is 9.69 Å². The third-order valence-electron chi connectivity index (χ3n) is 6.01. The van der Waals surface area contributed by atoms with Crippen molar-refractivity contribution in [3.63, 3.8) is 0 Å². The number of rotatable bonds is 7. The van der Waals surface area contributed by atoms with Gasteiger partial charge in [0.15, 0.2) is 0 Å². The summed E-state index contributed by atoms with van der Waals surface area (Å²) in [6.45, 7) is 8.19. The summed E-state index contributed by atoms with van der Waals surface area (Å²) in [5.41, 5.74) is 4.20. The van der Waals surface area contributed by atoms with Crippen LogP contribution in [0.15, 0.2) is 24.3 Å². The van der Waals surface area contributed by atoms with Crippen molar-refractivity contribution in [2.45, 2.75) is 39.3 Å². The van der Waals surface area contributed by atoms with E-state index in [1.54, 1.807) is 19.2 Å². The van der Waals surface area contributed by atoms with Gasteiger partial charge >= 0.3 is 0 Å². The van der Waals surface area contributed by atoms with E-state index in [9.17, 15) is 4.79 Å². The van der Waals surface area contributed by atoms with Crippen LogP contribution in [-0.2, 0) is 0 Å². The predicted molar refractivity (Wildman–Crippen MR) is 116 cm³/mol. The van der Waals surface area contributed by atoms with Gasteiger partial charge in [-0.1, -0.05) is 6.07 Å². The lowest BCUT2D eigenvalue weighted by Gasteiger charge is -2.27. The van der Waals surface area contributed by atoms with E-state index in [0.717, 1.165) is 25.3 Å². The minimum absolute atomic E-state index is 0.0877. The zero-order valence-corrected chi connectivity index (χ0v) is 18.6. The highest BCUT2D eigenvalue weighted by molar-refractivity contribution is 5.95. The standard InChI is InChI=1S/C23H31N3O4/c1-14-15(2)20(28-4)8-7-19(14)16(3)26-10-9-18(13-26)24-23(27)17-11-21(29-5)25-22(12-17)30-6/h7-8,11-12,16,18H,9-10,13H2,1-6H3,(H,24,27)/t16?,18-/m1/s1. The van der Waals surface area contributed by atoms with Gasteiger partial charge in [0.1, 0.15) is 5.75 Å². The molecule has 0 spiro atoms. The molecule has 1 N–H and O–H groups in total. The highest BCUT2D eigenvalue weighted by Gasteiger charge is 2.29. The first-order valence-electron chi connectivity index (χ1n) is 10.2. The van der Waals surface area contributed by atoms with Gasteiger partial charge in [0.25, 0.3) is 5.91 Å². The van der Waals surface area contributed by atoms with Crippen LogP contribution in [0.4, 0.5) is 0 Å². The third-order valence-corrected chi connectivity index (χ3v) is 6.01. The SMILES string of the molecule is COc1cc(C(=O)N[C@@H]2CCN(C(C)c3ccc(OC)c(C)c3C)C2)cc(OC)n1. The van der Waals surface area contributed by atoms with Crippen molar-refractivity contribution in [3.05, 3.63) is 46.5 Å². The molecule has 1 unspecified atom stereocenters. The van der Waals surface area contributed by atoms with Crippen molar-refractivity contribution in [2.24, 2.45) is 0 Å². The molecule has 2 aromatic rings. The molecule has 1 saturated heterocycles. The number of likely N-dealkylation sites (tertiary alicyclic amines) is 1. The smallest absolute Gasteiger partial charge is 0.251 e. The van der Waals surface area contributed by atoms with Crippen LogP contribution in [-0.4, -0.2) is 56.3 Å². The van der Waals surface area contributed by atoms with Gasteiger partial charge in [-0.2, -0.15) is 4.98 Å². The van der Waals surface area contributed by atoms with Crippen LogP contribution >= 0.6 is 0 Å².